The van der Waals surface area contributed by atoms with E-state index in [2.05, 4.69) is 5.32 Å². The van der Waals surface area contributed by atoms with Crippen molar-refractivity contribution < 1.29 is 9.59 Å². The van der Waals surface area contributed by atoms with Gasteiger partial charge in [-0.25, -0.2) is 0 Å². The molecule has 0 aromatic heterocycles. The molecule has 2 aromatic rings. The van der Waals surface area contributed by atoms with Crippen molar-refractivity contribution in [3.05, 3.63) is 63.1 Å². The molecule has 1 aliphatic rings. The lowest BCUT2D eigenvalue weighted by molar-refractivity contribution is -0.133. The van der Waals surface area contributed by atoms with Crippen molar-refractivity contribution in [3.63, 3.8) is 0 Å². The van der Waals surface area contributed by atoms with Gasteiger partial charge in [-0.3, -0.25) is 9.59 Å². The summed E-state index contributed by atoms with van der Waals surface area (Å²) >= 11 is 12.1. The molecule has 0 saturated carbocycles. The first-order valence-electron chi connectivity index (χ1n) is 8.77. The van der Waals surface area contributed by atoms with E-state index >= 15 is 0 Å². The van der Waals surface area contributed by atoms with Crippen LogP contribution in [0, 0.1) is 0 Å². The minimum atomic E-state index is -0.683. The maximum atomic E-state index is 12.8. The molecule has 7 heteroatoms. The first kappa shape index (κ1) is 19.7. The summed E-state index contributed by atoms with van der Waals surface area (Å²) in [6.07, 6.45) is 0.767. The third kappa shape index (κ3) is 4.61. The number of fused-ring (bicyclic) bond motifs is 1. The molecular formula is C20H21Cl2N3O2. The van der Waals surface area contributed by atoms with Crippen LogP contribution < -0.4 is 11.1 Å². The molecule has 0 radical (unpaired) electrons. The third-order valence-electron chi connectivity index (χ3n) is 4.62. The predicted molar refractivity (Wildman–Crippen MR) is 108 cm³/mol. The van der Waals surface area contributed by atoms with Crippen LogP contribution in [0.2, 0.25) is 10.0 Å². The highest BCUT2D eigenvalue weighted by Gasteiger charge is 2.28. The lowest BCUT2D eigenvalue weighted by Gasteiger charge is -2.20. The number of halogens is 2. The van der Waals surface area contributed by atoms with Gasteiger partial charge in [-0.1, -0.05) is 42.3 Å². The van der Waals surface area contributed by atoms with Crippen LogP contribution >= 0.6 is 23.2 Å². The van der Waals surface area contributed by atoms with E-state index in [1.807, 2.05) is 18.2 Å². The zero-order chi connectivity index (χ0) is 19.6. The second-order valence-electron chi connectivity index (χ2n) is 6.63. The molecule has 2 aromatic carbocycles. The molecule has 0 aliphatic carbocycles. The third-order valence-corrected chi connectivity index (χ3v) is 5.20. The molecule has 3 rings (SSSR count). The monoisotopic (exact) mass is 405 g/mol. The van der Waals surface area contributed by atoms with Crippen molar-refractivity contribution in [2.45, 2.75) is 38.9 Å². The van der Waals surface area contributed by atoms with E-state index in [1.54, 1.807) is 30.0 Å². The Morgan fingerprint density at radius 2 is 1.89 bits per heavy atom. The van der Waals surface area contributed by atoms with Gasteiger partial charge in [-0.05, 0) is 47.4 Å². The van der Waals surface area contributed by atoms with Gasteiger partial charge in [0, 0.05) is 35.2 Å². The van der Waals surface area contributed by atoms with Crippen molar-refractivity contribution in [1.82, 2.24) is 4.90 Å². The Kier molecular flexibility index (Phi) is 6.05. The number of carbonyl (C=O) groups is 2. The number of hydrogen-bond acceptors (Lipinski definition) is 3. The molecule has 2 amide bonds. The minimum Gasteiger partial charge on any atom is -0.333 e. The fourth-order valence-corrected chi connectivity index (χ4v) is 3.61. The summed E-state index contributed by atoms with van der Waals surface area (Å²) in [5.74, 6) is -0.167. The van der Waals surface area contributed by atoms with Crippen LogP contribution in [0.4, 0.5) is 5.69 Å². The Morgan fingerprint density at radius 3 is 2.59 bits per heavy atom. The highest BCUT2D eigenvalue weighted by molar-refractivity contribution is 6.35. The van der Waals surface area contributed by atoms with E-state index in [1.165, 1.54) is 0 Å². The Balaban J connectivity index is 1.66. The van der Waals surface area contributed by atoms with Crippen LogP contribution in [-0.4, -0.2) is 22.8 Å². The zero-order valence-corrected chi connectivity index (χ0v) is 16.5. The Hall–Kier alpha value is -2.08. The molecule has 1 atom stereocenters. The molecular weight excluding hydrogens is 385 g/mol. The number of nitrogens with one attached hydrogen (secondary N) is 1. The van der Waals surface area contributed by atoms with E-state index in [9.17, 15) is 9.59 Å². The summed E-state index contributed by atoms with van der Waals surface area (Å²) in [7, 11) is 0. The molecule has 5 nitrogen and oxygen atoms in total. The average molecular weight is 406 g/mol. The van der Waals surface area contributed by atoms with Crippen LogP contribution in [0.15, 0.2) is 36.4 Å². The fraction of sp³-hybridized carbons (Fsp3) is 0.300. The quantitative estimate of drug-likeness (QED) is 0.794. The van der Waals surface area contributed by atoms with Crippen molar-refractivity contribution in [3.8, 4) is 0 Å². The lowest BCUT2D eigenvalue weighted by Crippen LogP contribution is -2.42. The summed E-state index contributed by atoms with van der Waals surface area (Å²) in [4.78, 5) is 26.0. The predicted octanol–water partition coefficient (Wildman–Crippen LogP) is 3.75. The van der Waals surface area contributed by atoms with Crippen LogP contribution in [-0.2, 0) is 29.1 Å². The zero-order valence-electron chi connectivity index (χ0n) is 15.0. The number of hydrogen-bond donors (Lipinski definition) is 2. The maximum absolute atomic E-state index is 12.8. The highest BCUT2D eigenvalue weighted by atomic mass is 35.5. The van der Waals surface area contributed by atoms with Gasteiger partial charge in [0.05, 0.1) is 6.04 Å². The van der Waals surface area contributed by atoms with Gasteiger partial charge in [0.2, 0.25) is 11.8 Å². The molecule has 0 fully saturated rings. The second-order valence-corrected chi connectivity index (χ2v) is 7.47. The topological polar surface area (TPSA) is 75.4 Å². The first-order chi connectivity index (χ1) is 12.9. The summed E-state index contributed by atoms with van der Waals surface area (Å²) in [6, 6.07) is 10.2. The molecule has 142 valence electrons. The summed E-state index contributed by atoms with van der Waals surface area (Å²) < 4.78 is 0. The molecule has 1 heterocycles. The van der Waals surface area contributed by atoms with E-state index in [0.717, 1.165) is 22.4 Å². The number of benzene rings is 2. The number of nitrogens with two attached hydrogens (primary N) is 1. The molecule has 0 unspecified atom stereocenters. The normalized spacial score (nSPS) is 14.0. The number of nitrogens with zero attached hydrogens (tertiary/aromatic N) is 1. The van der Waals surface area contributed by atoms with Gasteiger partial charge in [0.25, 0.3) is 0 Å². The van der Waals surface area contributed by atoms with Crippen LogP contribution in [0.25, 0.3) is 0 Å². The van der Waals surface area contributed by atoms with E-state index < -0.39 is 6.04 Å². The van der Waals surface area contributed by atoms with Gasteiger partial charge in [0.1, 0.15) is 0 Å². The summed E-state index contributed by atoms with van der Waals surface area (Å²) in [5.41, 5.74) is 9.77. The SMILES string of the molecule is CCC(=O)Nc1ccc2c(c1)CN(C(=O)[C@H](N)Cc1ccc(Cl)cc1Cl)C2. The first-order valence-corrected chi connectivity index (χ1v) is 9.53. The molecule has 0 spiro atoms. The number of rotatable bonds is 5. The number of amides is 2. The average Bonchev–Trinajstić information content (AvgIpc) is 3.06. The Labute approximate surface area is 168 Å². The maximum Gasteiger partial charge on any atom is 0.240 e. The van der Waals surface area contributed by atoms with Gasteiger partial charge in [-0.2, -0.15) is 0 Å². The van der Waals surface area contributed by atoms with Crippen molar-refractivity contribution in [2.24, 2.45) is 5.73 Å². The minimum absolute atomic E-state index is 0.0391. The standard InChI is InChI=1S/C20H21Cl2N3O2/c1-2-19(26)24-16-6-4-13-10-25(11-14(13)7-16)20(27)18(23)8-12-3-5-15(21)9-17(12)22/h3-7,9,18H,2,8,10-11,23H2,1H3,(H,24,26)/t18-/m1/s1. The molecule has 0 saturated heterocycles. The summed E-state index contributed by atoms with van der Waals surface area (Å²) in [6.45, 7) is 2.79. The van der Waals surface area contributed by atoms with Gasteiger partial charge in [0.15, 0.2) is 0 Å². The van der Waals surface area contributed by atoms with Gasteiger partial charge >= 0.3 is 0 Å². The Morgan fingerprint density at radius 1 is 1.15 bits per heavy atom. The van der Waals surface area contributed by atoms with Gasteiger partial charge in [-0.15, -0.1) is 0 Å². The number of anilines is 1. The van der Waals surface area contributed by atoms with Gasteiger partial charge < -0.3 is 16.0 Å². The Bertz CT molecular complexity index is 886. The van der Waals surface area contributed by atoms with E-state index in [0.29, 0.717) is 36.0 Å². The molecule has 0 bridgehead atoms. The lowest BCUT2D eigenvalue weighted by atomic mass is 10.1. The molecule has 1 aliphatic heterocycles. The van der Waals surface area contributed by atoms with Crippen LogP contribution in [0.3, 0.4) is 0 Å². The van der Waals surface area contributed by atoms with Crippen molar-refractivity contribution >= 4 is 40.7 Å². The van der Waals surface area contributed by atoms with Crippen molar-refractivity contribution in [2.75, 3.05) is 5.32 Å². The van der Waals surface area contributed by atoms with Crippen LogP contribution in [0.1, 0.15) is 30.0 Å². The largest absolute Gasteiger partial charge is 0.333 e. The van der Waals surface area contributed by atoms with Crippen LogP contribution in [0.5, 0.6) is 0 Å². The van der Waals surface area contributed by atoms with Crippen molar-refractivity contribution in [1.29, 1.82) is 0 Å². The second kappa shape index (κ2) is 8.30. The van der Waals surface area contributed by atoms with E-state index in [-0.39, 0.29) is 11.8 Å². The summed E-state index contributed by atoms with van der Waals surface area (Å²) in [5, 5.41) is 3.89. The molecule has 27 heavy (non-hydrogen) atoms. The fourth-order valence-electron chi connectivity index (χ4n) is 3.12. The number of carbonyl (C=O) groups excluding carboxylic acids is 2. The smallest absolute Gasteiger partial charge is 0.240 e. The molecule has 3 N–H and O–H groups in total. The highest BCUT2D eigenvalue weighted by Crippen LogP contribution is 2.27. The van der Waals surface area contributed by atoms with E-state index in [4.69, 9.17) is 28.9 Å².